The largest absolute Gasteiger partial charge is 0.389 e. The molecule has 1 atom stereocenters. The van der Waals surface area contributed by atoms with Gasteiger partial charge in [-0.25, -0.2) is 0 Å². The molecule has 3 nitrogen and oxygen atoms in total. The molecule has 0 spiro atoms. The zero-order chi connectivity index (χ0) is 13.9. The van der Waals surface area contributed by atoms with Crippen LogP contribution in [-0.4, -0.2) is 45.7 Å². The van der Waals surface area contributed by atoms with Crippen LogP contribution in [0, 0.1) is 0 Å². The van der Waals surface area contributed by atoms with Crippen LogP contribution >= 0.6 is 0 Å². The lowest BCUT2D eigenvalue weighted by Crippen LogP contribution is -2.34. The SMILES string of the molecule is CCCNC(CCCC(F)(F)F)COCCOC. The highest BCUT2D eigenvalue weighted by molar-refractivity contribution is 4.67. The predicted molar refractivity (Wildman–Crippen MR) is 64.7 cm³/mol. The van der Waals surface area contributed by atoms with Gasteiger partial charge in [-0.2, -0.15) is 13.2 Å². The van der Waals surface area contributed by atoms with Crippen LogP contribution in [0.4, 0.5) is 13.2 Å². The summed E-state index contributed by atoms with van der Waals surface area (Å²) >= 11 is 0. The molecule has 110 valence electrons. The van der Waals surface area contributed by atoms with Gasteiger partial charge >= 0.3 is 6.18 Å². The fourth-order valence-corrected chi connectivity index (χ4v) is 1.51. The average Bonchev–Trinajstić information content (AvgIpc) is 2.29. The number of ether oxygens (including phenoxy) is 2. The molecule has 1 N–H and O–H groups in total. The van der Waals surface area contributed by atoms with Crippen LogP contribution in [0.5, 0.6) is 0 Å². The summed E-state index contributed by atoms with van der Waals surface area (Å²) in [5.41, 5.74) is 0. The van der Waals surface area contributed by atoms with Crippen molar-refractivity contribution in [2.75, 3.05) is 33.5 Å². The summed E-state index contributed by atoms with van der Waals surface area (Å²) in [6, 6.07) is -0.0100. The van der Waals surface area contributed by atoms with Gasteiger partial charge in [0.1, 0.15) is 0 Å². The number of hydrogen-bond donors (Lipinski definition) is 1. The summed E-state index contributed by atoms with van der Waals surface area (Å²) in [5, 5.41) is 3.20. The minimum atomic E-state index is -4.06. The van der Waals surface area contributed by atoms with Crippen LogP contribution < -0.4 is 5.32 Å². The second-order valence-electron chi connectivity index (χ2n) is 4.23. The summed E-state index contributed by atoms with van der Waals surface area (Å²) < 4.78 is 46.3. The number of hydrogen-bond acceptors (Lipinski definition) is 3. The van der Waals surface area contributed by atoms with Gasteiger partial charge in [-0.1, -0.05) is 6.92 Å². The van der Waals surface area contributed by atoms with Gasteiger partial charge in [0.2, 0.25) is 0 Å². The number of rotatable bonds is 11. The van der Waals surface area contributed by atoms with Gasteiger partial charge in [0, 0.05) is 19.6 Å². The monoisotopic (exact) mass is 271 g/mol. The van der Waals surface area contributed by atoms with E-state index in [0.29, 0.717) is 26.2 Å². The fourth-order valence-electron chi connectivity index (χ4n) is 1.51. The van der Waals surface area contributed by atoms with Crippen LogP contribution in [0.15, 0.2) is 0 Å². The van der Waals surface area contributed by atoms with Crippen LogP contribution in [0.25, 0.3) is 0 Å². The molecule has 0 aliphatic rings. The lowest BCUT2D eigenvalue weighted by molar-refractivity contribution is -0.136. The van der Waals surface area contributed by atoms with E-state index >= 15 is 0 Å². The summed E-state index contributed by atoms with van der Waals surface area (Å²) in [7, 11) is 1.58. The molecule has 0 aromatic carbocycles. The standard InChI is InChI=1S/C12H24F3NO2/c1-3-7-16-11(10-18-9-8-17-2)5-4-6-12(13,14)15/h11,16H,3-10H2,1-2H3. The molecule has 0 radical (unpaired) electrons. The Bertz CT molecular complexity index is 189. The number of halogens is 3. The highest BCUT2D eigenvalue weighted by atomic mass is 19.4. The van der Waals surface area contributed by atoms with E-state index in [1.54, 1.807) is 7.11 Å². The molecule has 0 aromatic heterocycles. The summed E-state index contributed by atoms with van der Waals surface area (Å²) in [6.07, 6.45) is -3.22. The molecule has 18 heavy (non-hydrogen) atoms. The first-order valence-electron chi connectivity index (χ1n) is 6.36. The Morgan fingerprint density at radius 3 is 2.50 bits per heavy atom. The molecular weight excluding hydrogens is 247 g/mol. The molecule has 6 heteroatoms. The third-order valence-electron chi connectivity index (χ3n) is 2.45. The van der Waals surface area contributed by atoms with Crippen molar-refractivity contribution in [3.8, 4) is 0 Å². The van der Waals surface area contributed by atoms with Crippen molar-refractivity contribution < 1.29 is 22.6 Å². The first-order chi connectivity index (χ1) is 8.49. The van der Waals surface area contributed by atoms with E-state index in [2.05, 4.69) is 5.32 Å². The van der Waals surface area contributed by atoms with E-state index in [4.69, 9.17) is 9.47 Å². The van der Waals surface area contributed by atoms with E-state index in [1.807, 2.05) is 6.92 Å². The van der Waals surface area contributed by atoms with Crippen LogP contribution in [0.3, 0.4) is 0 Å². The van der Waals surface area contributed by atoms with Crippen LogP contribution in [-0.2, 0) is 9.47 Å². The van der Waals surface area contributed by atoms with Gasteiger partial charge in [0.05, 0.1) is 19.8 Å². The van der Waals surface area contributed by atoms with E-state index in [9.17, 15) is 13.2 Å². The zero-order valence-corrected chi connectivity index (χ0v) is 11.2. The molecule has 1 unspecified atom stereocenters. The zero-order valence-electron chi connectivity index (χ0n) is 11.2. The van der Waals surface area contributed by atoms with E-state index in [1.165, 1.54) is 0 Å². The maximum atomic E-state index is 12.0. The maximum absolute atomic E-state index is 12.0. The molecule has 0 amide bonds. The lowest BCUT2D eigenvalue weighted by atomic mass is 10.1. The van der Waals surface area contributed by atoms with Crippen molar-refractivity contribution in [2.45, 2.75) is 44.8 Å². The smallest absolute Gasteiger partial charge is 0.382 e. The molecule has 0 saturated heterocycles. The number of methoxy groups -OCH3 is 1. The highest BCUT2D eigenvalue weighted by Gasteiger charge is 2.26. The molecule has 0 aliphatic carbocycles. The quantitative estimate of drug-likeness (QED) is 0.586. The normalized spacial score (nSPS) is 13.8. The topological polar surface area (TPSA) is 30.5 Å². The van der Waals surface area contributed by atoms with E-state index in [-0.39, 0.29) is 12.5 Å². The summed E-state index contributed by atoms with van der Waals surface area (Å²) in [4.78, 5) is 0. The van der Waals surface area contributed by atoms with Gasteiger partial charge in [0.25, 0.3) is 0 Å². The third-order valence-corrected chi connectivity index (χ3v) is 2.45. The van der Waals surface area contributed by atoms with Crippen molar-refractivity contribution in [3.05, 3.63) is 0 Å². The van der Waals surface area contributed by atoms with Gasteiger partial charge in [-0.05, 0) is 25.8 Å². The Balaban J connectivity index is 3.76. The molecule has 0 fully saturated rings. The molecule has 0 rings (SSSR count). The summed E-state index contributed by atoms with van der Waals surface area (Å²) in [6.45, 7) is 4.22. The van der Waals surface area contributed by atoms with Crippen molar-refractivity contribution >= 4 is 0 Å². The minimum Gasteiger partial charge on any atom is -0.382 e. The number of nitrogens with one attached hydrogen (secondary N) is 1. The predicted octanol–water partition coefficient (Wildman–Crippen LogP) is 2.75. The molecule has 0 heterocycles. The van der Waals surface area contributed by atoms with Crippen molar-refractivity contribution in [1.82, 2.24) is 5.32 Å². The first kappa shape index (κ1) is 17.7. The van der Waals surface area contributed by atoms with Crippen molar-refractivity contribution in [1.29, 1.82) is 0 Å². The Hall–Kier alpha value is -0.330. The Labute approximate surface area is 107 Å². The maximum Gasteiger partial charge on any atom is 0.389 e. The third kappa shape index (κ3) is 12.1. The first-order valence-corrected chi connectivity index (χ1v) is 6.36. The Morgan fingerprint density at radius 1 is 1.22 bits per heavy atom. The molecule has 0 aliphatic heterocycles. The van der Waals surface area contributed by atoms with Gasteiger partial charge in [-0.15, -0.1) is 0 Å². The fraction of sp³-hybridized carbons (Fsp3) is 1.00. The van der Waals surface area contributed by atoms with E-state index in [0.717, 1.165) is 13.0 Å². The van der Waals surface area contributed by atoms with Crippen molar-refractivity contribution in [3.63, 3.8) is 0 Å². The average molecular weight is 271 g/mol. The van der Waals surface area contributed by atoms with Crippen LogP contribution in [0.2, 0.25) is 0 Å². The van der Waals surface area contributed by atoms with Crippen LogP contribution in [0.1, 0.15) is 32.6 Å². The lowest BCUT2D eigenvalue weighted by Gasteiger charge is -2.19. The highest BCUT2D eigenvalue weighted by Crippen LogP contribution is 2.22. The second-order valence-corrected chi connectivity index (χ2v) is 4.23. The molecule has 0 bridgehead atoms. The van der Waals surface area contributed by atoms with Gasteiger partial charge in [-0.3, -0.25) is 0 Å². The minimum absolute atomic E-state index is 0.0100. The number of alkyl halides is 3. The van der Waals surface area contributed by atoms with Gasteiger partial charge < -0.3 is 14.8 Å². The Morgan fingerprint density at radius 2 is 1.94 bits per heavy atom. The molecular formula is C12H24F3NO2. The molecule has 0 saturated carbocycles. The van der Waals surface area contributed by atoms with Gasteiger partial charge in [0.15, 0.2) is 0 Å². The van der Waals surface area contributed by atoms with Crippen molar-refractivity contribution in [2.24, 2.45) is 0 Å². The van der Waals surface area contributed by atoms with E-state index < -0.39 is 12.6 Å². The Kier molecular flexibility index (Phi) is 10.4. The molecule has 0 aromatic rings. The second kappa shape index (κ2) is 10.6. The summed E-state index contributed by atoms with van der Waals surface area (Å²) in [5.74, 6) is 0.